The second kappa shape index (κ2) is 3.18. The molecular formula is C7H17NO. The minimum atomic E-state index is -0.0833. The van der Waals surface area contributed by atoms with Gasteiger partial charge in [-0.3, -0.25) is 0 Å². The molecule has 0 radical (unpaired) electrons. The summed E-state index contributed by atoms with van der Waals surface area (Å²) >= 11 is 0. The van der Waals surface area contributed by atoms with Crippen LogP contribution in [0.1, 0.15) is 20.8 Å². The van der Waals surface area contributed by atoms with Crippen molar-refractivity contribution >= 4 is 0 Å². The summed E-state index contributed by atoms with van der Waals surface area (Å²) in [5.41, 5.74) is 5.38. The largest absolute Gasteiger partial charge is 0.396 e. The number of aliphatic hydroxyl groups excluding tert-OH is 1. The third kappa shape index (κ3) is 1.95. The van der Waals surface area contributed by atoms with E-state index in [1.807, 2.05) is 6.92 Å². The zero-order valence-electron chi connectivity index (χ0n) is 6.52. The molecule has 1 atom stereocenters. The molecule has 0 bridgehead atoms. The predicted molar refractivity (Wildman–Crippen MR) is 39.1 cm³/mol. The van der Waals surface area contributed by atoms with E-state index >= 15 is 0 Å². The van der Waals surface area contributed by atoms with Crippen molar-refractivity contribution in [1.82, 2.24) is 0 Å². The van der Waals surface area contributed by atoms with Crippen molar-refractivity contribution in [3.8, 4) is 0 Å². The van der Waals surface area contributed by atoms with Gasteiger partial charge in [-0.25, -0.2) is 0 Å². The van der Waals surface area contributed by atoms with E-state index in [1.165, 1.54) is 0 Å². The highest BCUT2D eigenvalue weighted by atomic mass is 16.3. The monoisotopic (exact) mass is 131 g/mol. The lowest BCUT2D eigenvalue weighted by molar-refractivity contribution is 0.103. The first-order valence-corrected chi connectivity index (χ1v) is 3.37. The van der Waals surface area contributed by atoms with Gasteiger partial charge >= 0.3 is 0 Å². The van der Waals surface area contributed by atoms with Gasteiger partial charge in [0.25, 0.3) is 0 Å². The quantitative estimate of drug-likeness (QED) is 0.589. The van der Waals surface area contributed by atoms with Crippen molar-refractivity contribution in [3.63, 3.8) is 0 Å². The van der Waals surface area contributed by atoms with Crippen molar-refractivity contribution in [1.29, 1.82) is 0 Å². The van der Waals surface area contributed by atoms with Crippen LogP contribution >= 0.6 is 0 Å². The molecule has 0 aromatic heterocycles. The lowest BCUT2D eigenvalue weighted by atomic mass is 9.80. The van der Waals surface area contributed by atoms with Gasteiger partial charge in [0.05, 0.1) is 0 Å². The summed E-state index contributed by atoms with van der Waals surface area (Å²) in [7, 11) is 0. The molecule has 0 heterocycles. The van der Waals surface area contributed by atoms with Crippen LogP contribution in [0.15, 0.2) is 0 Å². The molecule has 0 aliphatic heterocycles. The summed E-state index contributed by atoms with van der Waals surface area (Å²) in [6, 6.07) is 0. The van der Waals surface area contributed by atoms with E-state index in [9.17, 15) is 0 Å². The van der Waals surface area contributed by atoms with E-state index in [2.05, 4.69) is 13.8 Å². The smallest absolute Gasteiger partial charge is 0.0499 e. The van der Waals surface area contributed by atoms with Crippen LogP contribution in [0.2, 0.25) is 0 Å². The van der Waals surface area contributed by atoms with Crippen LogP contribution in [-0.4, -0.2) is 18.3 Å². The zero-order chi connectivity index (χ0) is 7.49. The summed E-state index contributed by atoms with van der Waals surface area (Å²) in [6.45, 7) is 6.88. The Morgan fingerprint density at radius 1 is 1.56 bits per heavy atom. The Hall–Kier alpha value is -0.0800. The number of hydrogen-bond donors (Lipinski definition) is 2. The van der Waals surface area contributed by atoms with Gasteiger partial charge in [-0.15, -0.1) is 0 Å². The second-order valence-electron chi connectivity index (χ2n) is 3.17. The number of rotatable bonds is 3. The molecule has 0 amide bonds. The molecule has 0 rings (SSSR count). The fraction of sp³-hybridized carbons (Fsp3) is 1.00. The highest BCUT2D eigenvalue weighted by Gasteiger charge is 2.24. The van der Waals surface area contributed by atoms with Gasteiger partial charge in [0, 0.05) is 18.6 Å². The normalized spacial score (nSPS) is 18.0. The minimum Gasteiger partial charge on any atom is -0.396 e. The van der Waals surface area contributed by atoms with Crippen LogP contribution in [0.5, 0.6) is 0 Å². The van der Waals surface area contributed by atoms with Crippen molar-refractivity contribution < 1.29 is 5.11 Å². The topological polar surface area (TPSA) is 46.2 Å². The average Bonchev–Trinajstić information content (AvgIpc) is 1.86. The maximum absolute atomic E-state index is 8.88. The molecule has 0 spiro atoms. The molecule has 0 aliphatic rings. The van der Waals surface area contributed by atoms with E-state index in [0.717, 1.165) is 0 Å². The average molecular weight is 131 g/mol. The Labute approximate surface area is 57.1 Å². The molecule has 2 nitrogen and oxygen atoms in total. The minimum absolute atomic E-state index is 0.0833. The maximum atomic E-state index is 8.88. The molecule has 3 N–H and O–H groups in total. The van der Waals surface area contributed by atoms with E-state index in [4.69, 9.17) is 10.8 Å². The van der Waals surface area contributed by atoms with Crippen molar-refractivity contribution in [2.45, 2.75) is 20.8 Å². The fourth-order valence-electron chi connectivity index (χ4n) is 0.483. The summed E-state index contributed by atoms with van der Waals surface area (Å²) < 4.78 is 0. The summed E-state index contributed by atoms with van der Waals surface area (Å²) in [5, 5.41) is 8.88. The Bertz CT molecular complexity index is 77.0. The van der Waals surface area contributed by atoms with Gasteiger partial charge in [0.2, 0.25) is 0 Å². The van der Waals surface area contributed by atoms with Gasteiger partial charge in [-0.1, -0.05) is 20.8 Å². The SMILES string of the molecule is CC(C)C(C)(CN)CO. The Kier molecular flexibility index (Phi) is 3.15. The van der Waals surface area contributed by atoms with Gasteiger partial charge < -0.3 is 10.8 Å². The van der Waals surface area contributed by atoms with Crippen LogP contribution in [0, 0.1) is 11.3 Å². The molecule has 1 unspecified atom stereocenters. The third-order valence-electron chi connectivity index (χ3n) is 2.22. The predicted octanol–water partition coefficient (Wildman–Crippen LogP) is 0.600. The van der Waals surface area contributed by atoms with Gasteiger partial charge in [0.1, 0.15) is 0 Å². The van der Waals surface area contributed by atoms with Gasteiger partial charge in [-0.05, 0) is 5.92 Å². The Morgan fingerprint density at radius 3 is 2.00 bits per heavy atom. The van der Waals surface area contributed by atoms with Crippen LogP contribution in [0.3, 0.4) is 0 Å². The van der Waals surface area contributed by atoms with Crippen molar-refractivity contribution in [2.75, 3.05) is 13.2 Å². The van der Waals surface area contributed by atoms with Crippen LogP contribution < -0.4 is 5.73 Å². The zero-order valence-corrected chi connectivity index (χ0v) is 6.52. The number of nitrogens with two attached hydrogens (primary N) is 1. The standard InChI is InChI=1S/C7H17NO/c1-6(2)7(3,4-8)5-9/h6,9H,4-5,8H2,1-3H3. The fourth-order valence-corrected chi connectivity index (χ4v) is 0.483. The third-order valence-corrected chi connectivity index (χ3v) is 2.22. The van der Waals surface area contributed by atoms with Gasteiger partial charge in [-0.2, -0.15) is 0 Å². The first-order valence-electron chi connectivity index (χ1n) is 3.37. The first kappa shape index (κ1) is 8.92. The molecule has 9 heavy (non-hydrogen) atoms. The maximum Gasteiger partial charge on any atom is 0.0499 e. The van der Waals surface area contributed by atoms with Crippen LogP contribution in [0.25, 0.3) is 0 Å². The summed E-state index contributed by atoms with van der Waals surface area (Å²) in [6.07, 6.45) is 0. The highest BCUT2D eigenvalue weighted by Crippen LogP contribution is 2.23. The van der Waals surface area contributed by atoms with E-state index in [-0.39, 0.29) is 12.0 Å². The number of aliphatic hydroxyl groups is 1. The lowest BCUT2D eigenvalue weighted by Crippen LogP contribution is -2.35. The summed E-state index contributed by atoms with van der Waals surface area (Å²) in [4.78, 5) is 0. The van der Waals surface area contributed by atoms with E-state index in [0.29, 0.717) is 12.5 Å². The van der Waals surface area contributed by atoms with E-state index in [1.54, 1.807) is 0 Å². The van der Waals surface area contributed by atoms with Crippen LogP contribution in [-0.2, 0) is 0 Å². The second-order valence-corrected chi connectivity index (χ2v) is 3.17. The van der Waals surface area contributed by atoms with Crippen molar-refractivity contribution in [3.05, 3.63) is 0 Å². The molecule has 56 valence electrons. The van der Waals surface area contributed by atoms with Gasteiger partial charge in [0.15, 0.2) is 0 Å². The molecule has 0 fully saturated rings. The molecule has 0 aromatic carbocycles. The molecule has 0 aliphatic carbocycles. The van der Waals surface area contributed by atoms with Crippen molar-refractivity contribution in [2.24, 2.45) is 17.1 Å². The van der Waals surface area contributed by atoms with Crippen LogP contribution in [0.4, 0.5) is 0 Å². The number of hydrogen-bond acceptors (Lipinski definition) is 2. The highest BCUT2D eigenvalue weighted by molar-refractivity contribution is 4.76. The summed E-state index contributed by atoms with van der Waals surface area (Å²) in [5.74, 6) is 0.451. The molecular weight excluding hydrogens is 114 g/mol. The molecule has 2 heteroatoms. The molecule has 0 aromatic rings. The molecule has 0 saturated carbocycles. The Morgan fingerprint density at radius 2 is 2.00 bits per heavy atom. The first-order chi connectivity index (χ1) is 4.06. The molecule has 0 saturated heterocycles. The Balaban J connectivity index is 3.92. The lowest BCUT2D eigenvalue weighted by Gasteiger charge is -2.29. The van der Waals surface area contributed by atoms with E-state index < -0.39 is 0 Å².